The van der Waals surface area contributed by atoms with Crippen LogP contribution in [0.3, 0.4) is 0 Å². The van der Waals surface area contributed by atoms with E-state index in [1.807, 2.05) is 0 Å². The van der Waals surface area contributed by atoms with Crippen molar-refractivity contribution in [2.24, 2.45) is 0 Å². The molecule has 0 N–H and O–H groups in total. The molecule has 0 saturated heterocycles. The summed E-state index contributed by atoms with van der Waals surface area (Å²) in [5.74, 6) is 0. The Hall–Kier alpha value is -1.22. The third-order valence-corrected chi connectivity index (χ3v) is 1.11. The molecule has 0 aromatic carbocycles. The van der Waals surface area contributed by atoms with Gasteiger partial charge in [0.1, 0.15) is 5.57 Å². The third kappa shape index (κ3) is 3.83. The van der Waals surface area contributed by atoms with Crippen molar-refractivity contribution in [2.45, 2.75) is 0 Å². The second-order valence-electron chi connectivity index (χ2n) is 1.47. The zero-order valence-electron chi connectivity index (χ0n) is 5.78. The van der Waals surface area contributed by atoms with E-state index < -0.39 is 16.1 Å². The van der Waals surface area contributed by atoms with Crippen LogP contribution in [0.2, 0.25) is 0 Å². The molecule has 0 bridgehead atoms. The summed E-state index contributed by atoms with van der Waals surface area (Å²) in [5, 5.41) is -1.98. The Morgan fingerprint density at radius 3 is 1.92 bits per heavy atom. The van der Waals surface area contributed by atoms with Gasteiger partial charge in [-0.2, -0.15) is 0 Å². The van der Waals surface area contributed by atoms with E-state index in [4.69, 9.17) is 23.2 Å². The van der Waals surface area contributed by atoms with Gasteiger partial charge < -0.3 is 0 Å². The van der Waals surface area contributed by atoms with Gasteiger partial charge in [0.2, 0.25) is 0 Å². The lowest BCUT2D eigenvalue weighted by Crippen LogP contribution is -1.99. The van der Waals surface area contributed by atoms with Crippen LogP contribution in [-0.4, -0.2) is 10.5 Å². The van der Waals surface area contributed by atoms with Gasteiger partial charge in [-0.25, -0.2) is 0 Å². The fraction of sp³-hybridized carbons (Fsp3) is 0. The van der Waals surface area contributed by atoms with Crippen LogP contribution in [0.15, 0.2) is 35.1 Å². The number of halogens is 2. The van der Waals surface area contributed by atoms with Crippen molar-refractivity contribution in [1.82, 2.24) is 0 Å². The Kier molecular flexibility index (Phi) is 4.88. The van der Waals surface area contributed by atoms with Crippen LogP contribution >= 0.6 is 23.2 Å². The fourth-order valence-corrected chi connectivity index (χ4v) is 0.628. The molecule has 0 heterocycles. The van der Waals surface area contributed by atoms with E-state index in [1.54, 1.807) is 0 Å². The summed E-state index contributed by atoms with van der Waals surface area (Å²) in [6, 6.07) is 0. The summed E-state index contributed by atoms with van der Waals surface area (Å²) in [5.41, 5.74) is 8.23. The van der Waals surface area contributed by atoms with E-state index in [-0.39, 0.29) is 0 Å². The number of rotatable bonds is 2. The zero-order valence-corrected chi connectivity index (χ0v) is 7.29. The fourth-order valence-electron chi connectivity index (χ4n) is 0.313. The molecule has 4 heteroatoms. The van der Waals surface area contributed by atoms with Crippen LogP contribution in [-0.2, 0) is 9.59 Å². The SMILES string of the molecule is C=C=C=C=C=C(C(=O)Cl)C(=O)Cl. The normalized spacial score (nSPS) is 6.83. The van der Waals surface area contributed by atoms with Gasteiger partial charge in [0, 0.05) is 0 Å². The highest BCUT2D eigenvalue weighted by atomic mass is 35.5. The lowest BCUT2D eigenvalue weighted by atomic mass is 10.3. The molecule has 0 aliphatic rings. The summed E-state index contributed by atoms with van der Waals surface area (Å²) >= 11 is 9.94. The van der Waals surface area contributed by atoms with Crippen molar-refractivity contribution >= 4 is 33.7 Å². The smallest absolute Gasteiger partial charge is 0.265 e. The molecule has 0 fully saturated rings. The van der Waals surface area contributed by atoms with Gasteiger partial charge in [-0.15, -0.1) is 0 Å². The Morgan fingerprint density at radius 2 is 1.58 bits per heavy atom. The molecule has 0 amide bonds. The first-order chi connectivity index (χ1) is 5.59. The van der Waals surface area contributed by atoms with Crippen LogP contribution in [0.4, 0.5) is 0 Å². The van der Waals surface area contributed by atoms with Gasteiger partial charge >= 0.3 is 0 Å². The van der Waals surface area contributed by atoms with Crippen LogP contribution in [0.1, 0.15) is 0 Å². The molecule has 0 aliphatic heterocycles. The molecule has 0 rings (SSSR count). The molecule has 60 valence electrons. The molecular formula is C8H2Cl2O2. The topological polar surface area (TPSA) is 34.1 Å². The van der Waals surface area contributed by atoms with Crippen molar-refractivity contribution in [1.29, 1.82) is 0 Å². The molecule has 0 aliphatic carbocycles. The highest BCUT2D eigenvalue weighted by Gasteiger charge is 2.12. The van der Waals surface area contributed by atoms with E-state index in [2.05, 4.69) is 29.5 Å². The average Bonchev–Trinajstić information content (AvgIpc) is 1.96. The summed E-state index contributed by atoms with van der Waals surface area (Å²) < 4.78 is 0. The van der Waals surface area contributed by atoms with Crippen molar-refractivity contribution in [3.05, 3.63) is 35.1 Å². The van der Waals surface area contributed by atoms with Crippen LogP contribution < -0.4 is 0 Å². The Labute approximate surface area is 78.8 Å². The largest absolute Gasteiger partial charge is 0.275 e. The van der Waals surface area contributed by atoms with E-state index in [9.17, 15) is 9.59 Å². The summed E-state index contributed by atoms with van der Waals surface area (Å²) in [6.07, 6.45) is 0. The van der Waals surface area contributed by atoms with E-state index in [1.165, 1.54) is 0 Å². The molecule has 0 saturated carbocycles. The minimum atomic E-state index is -0.992. The first kappa shape index (κ1) is 10.8. The monoisotopic (exact) mass is 200 g/mol. The second kappa shape index (κ2) is 5.43. The number of allylic oxidation sites excluding steroid dienone is 1. The van der Waals surface area contributed by atoms with Gasteiger partial charge in [0.15, 0.2) is 0 Å². The van der Waals surface area contributed by atoms with Gasteiger partial charge in [-0.3, -0.25) is 9.59 Å². The maximum Gasteiger partial charge on any atom is 0.265 e. The van der Waals surface area contributed by atoms with E-state index in [0.29, 0.717) is 0 Å². The summed E-state index contributed by atoms with van der Waals surface area (Å²) in [4.78, 5) is 20.9. The lowest BCUT2D eigenvalue weighted by Gasteiger charge is -1.83. The first-order valence-corrected chi connectivity index (χ1v) is 3.40. The molecule has 0 radical (unpaired) electrons. The standard InChI is InChI=1S/C8H2Cl2O2/c1-2-3-4-5-6(7(9)11)8(10)12/h1H2. The zero-order chi connectivity index (χ0) is 9.56. The van der Waals surface area contributed by atoms with Crippen molar-refractivity contribution in [3.63, 3.8) is 0 Å². The molecule has 2 nitrogen and oxygen atoms in total. The summed E-state index contributed by atoms with van der Waals surface area (Å²) in [7, 11) is 0. The first-order valence-electron chi connectivity index (χ1n) is 2.64. The highest BCUT2D eigenvalue weighted by Crippen LogP contribution is 2.02. The third-order valence-electron chi connectivity index (χ3n) is 0.731. The molecular weight excluding hydrogens is 199 g/mol. The van der Waals surface area contributed by atoms with Crippen LogP contribution in [0, 0.1) is 0 Å². The van der Waals surface area contributed by atoms with Crippen LogP contribution in [0.25, 0.3) is 0 Å². The van der Waals surface area contributed by atoms with Crippen molar-refractivity contribution in [3.8, 4) is 0 Å². The minimum Gasteiger partial charge on any atom is -0.275 e. The molecule has 12 heavy (non-hydrogen) atoms. The predicted octanol–water partition coefficient (Wildman–Crippen LogP) is 1.69. The summed E-state index contributed by atoms with van der Waals surface area (Å²) in [6.45, 7) is 3.16. The van der Waals surface area contributed by atoms with Gasteiger partial charge in [0.05, 0.1) is 0 Å². The number of hydrogen-bond donors (Lipinski definition) is 0. The number of hydrogen-bond acceptors (Lipinski definition) is 2. The average molecular weight is 201 g/mol. The molecule has 0 spiro atoms. The van der Waals surface area contributed by atoms with Crippen molar-refractivity contribution in [2.75, 3.05) is 0 Å². The van der Waals surface area contributed by atoms with Gasteiger partial charge in [-0.05, 0) is 47.0 Å². The molecule has 0 aromatic rings. The van der Waals surface area contributed by atoms with Crippen LogP contribution in [0.5, 0.6) is 0 Å². The maximum absolute atomic E-state index is 10.4. The highest BCUT2D eigenvalue weighted by molar-refractivity contribution is 6.79. The van der Waals surface area contributed by atoms with E-state index in [0.717, 1.165) is 0 Å². The number of carbonyl (C=O) groups is 2. The lowest BCUT2D eigenvalue weighted by molar-refractivity contribution is -0.113. The second-order valence-corrected chi connectivity index (χ2v) is 2.16. The molecule has 0 aromatic heterocycles. The minimum absolute atomic E-state index is 0.485. The van der Waals surface area contributed by atoms with Gasteiger partial charge in [-0.1, -0.05) is 5.73 Å². The molecule has 0 atom stereocenters. The Balaban J connectivity index is 5.44. The Bertz CT molecular complexity index is 354. The van der Waals surface area contributed by atoms with E-state index >= 15 is 0 Å². The van der Waals surface area contributed by atoms with Crippen molar-refractivity contribution < 1.29 is 9.59 Å². The Morgan fingerprint density at radius 1 is 1.08 bits per heavy atom. The quantitative estimate of drug-likeness (QED) is 0.224. The molecule has 0 unspecified atom stereocenters. The number of carbonyl (C=O) groups excluding carboxylic acids is 2. The van der Waals surface area contributed by atoms with Gasteiger partial charge in [0.25, 0.3) is 10.5 Å². The predicted molar refractivity (Wildman–Crippen MR) is 44.9 cm³/mol. The maximum atomic E-state index is 10.4.